The Balaban J connectivity index is 1.78. The molecule has 20 heavy (non-hydrogen) atoms. The Hall–Kier alpha value is -1.32. The summed E-state index contributed by atoms with van der Waals surface area (Å²) in [5.74, 6) is 0. The van der Waals surface area contributed by atoms with Crippen LogP contribution in [0.4, 0.5) is 0 Å². The zero-order valence-corrected chi connectivity index (χ0v) is 12.3. The van der Waals surface area contributed by atoms with E-state index in [0.29, 0.717) is 6.10 Å². The summed E-state index contributed by atoms with van der Waals surface area (Å²) in [7, 11) is 2.01. The average molecular weight is 272 g/mol. The molecule has 1 aromatic heterocycles. The third kappa shape index (κ3) is 2.89. The van der Waals surface area contributed by atoms with Crippen molar-refractivity contribution < 1.29 is 4.74 Å². The number of aryl methyl sites for hydroxylation is 1. The Labute approximate surface area is 120 Å². The van der Waals surface area contributed by atoms with Crippen LogP contribution in [0.2, 0.25) is 0 Å². The van der Waals surface area contributed by atoms with Crippen LogP contribution in [0.5, 0.6) is 0 Å². The molecule has 3 rings (SSSR count). The average Bonchev–Trinajstić information content (AvgIpc) is 3.11. The normalized spacial score (nSPS) is 18.9. The predicted octanol–water partition coefficient (Wildman–Crippen LogP) is 2.97. The van der Waals surface area contributed by atoms with Crippen molar-refractivity contribution >= 4 is 10.9 Å². The minimum atomic E-state index is 0.469. The van der Waals surface area contributed by atoms with Crippen LogP contribution in [0, 0.1) is 0 Å². The van der Waals surface area contributed by atoms with Crippen molar-refractivity contribution in [3.05, 3.63) is 36.0 Å². The van der Waals surface area contributed by atoms with E-state index in [0.717, 1.165) is 32.5 Å². The van der Waals surface area contributed by atoms with Gasteiger partial charge in [0.25, 0.3) is 0 Å². The van der Waals surface area contributed by atoms with Gasteiger partial charge in [-0.25, -0.2) is 0 Å². The highest BCUT2D eigenvalue weighted by atomic mass is 16.5. The third-order valence-corrected chi connectivity index (χ3v) is 4.23. The molecule has 1 N–H and O–H groups in total. The minimum Gasteiger partial charge on any atom is -0.378 e. The lowest BCUT2D eigenvalue weighted by atomic mass is 10.1. The molecule has 1 aromatic carbocycles. The predicted molar refractivity (Wildman–Crippen MR) is 83.2 cm³/mol. The maximum absolute atomic E-state index is 5.74. The second-order valence-electron chi connectivity index (χ2n) is 5.64. The van der Waals surface area contributed by atoms with Crippen LogP contribution in [-0.2, 0) is 17.7 Å². The molecule has 1 unspecified atom stereocenters. The largest absolute Gasteiger partial charge is 0.378 e. The Kier molecular flexibility index (Phi) is 4.38. The summed E-state index contributed by atoms with van der Waals surface area (Å²) in [6, 6.07) is 8.74. The molecule has 2 aromatic rings. The SMILES string of the molecule is CNCCc1cn(CCC2CCCO2)c2ccccc12. The first kappa shape index (κ1) is 13.7. The molecule has 0 spiro atoms. The number of ether oxygens (including phenoxy) is 1. The standard InChI is InChI=1S/C17H24N2O/c1-18-10-8-14-13-19(11-9-15-5-4-12-20-15)17-7-3-2-6-16(14)17/h2-3,6-7,13,15,18H,4-5,8-12H2,1H3. The molecule has 108 valence electrons. The number of fused-ring (bicyclic) bond motifs is 1. The fourth-order valence-corrected chi connectivity index (χ4v) is 3.12. The summed E-state index contributed by atoms with van der Waals surface area (Å²) < 4.78 is 8.14. The molecule has 0 aliphatic carbocycles. The van der Waals surface area contributed by atoms with Crippen molar-refractivity contribution in [3.8, 4) is 0 Å². The number of hydrogen-bond acceptors (Lipinski definition) is 2. The van der Waals surface area contributed by atoms with E-state index in [-0.39, 0.29) is 0 Å². The van der Waals surface area contributed by atoms with Gasteiger partial charge in [0, 0.05) is 30.3 Å². The van der Waals surface area contributed by atoms with E-state index >= 15 is 0 Å². The Morgan fingerprint density at radius 3 is 3.05 bits per heavy atom. The quantitative estimate of drug-likeness (QED) is 0.875. The fraction of sp³-hybridized carbons (Fsp3) is 0.529. The lowest BCUT2D eigenvalue weighted by molar-refractivity contribution is 0.101. The molecule has 0 saturated carbocycles. The summed E-state index contributed by atoms with van der Waals surface area (Å²) >= 11 is 0. The zero-order valence-electron chi connectivity index (χ0n) is 12.3. The highest BCUT2D eigenvalue weighted by molar-refractivity contribution is 5.84. The lowest BCUT2D eigenvalue weighted by Gasteiger charge is -2.10. The van der Waals surface area contributed by atoms with Gasteiger partial charge in [-0.2, -0.15) is 0 Å². The van der Waals surface area contributed by atoms with E-state index in [4.69, 9.17) is 4.74 Å². The number of nitrogens with one attached hydrogen (secondary N) is 1. The van der Waals surface area contributed by atoms with Crippen molar-refractivity contribution in [1.82, 2.24) is 9.88 Å². The first-order valence-corrected chi connectivity index (χ1v) is 7.71. The van der Waals surface area contributed by atoms with Gasteiger partial charge in [-0.15, -0.1) is 0 Å². The maximum Gasteiger partial charge on any atom is 0.0593 e. The molecule has 1 fully saturated rings. The molecule has 3 nitrogen and oxygen atoms in total. The van der Waals surface area contributed by atoms with E-state index in [1.165, 1.54) is 29.3 Å². The fourth-order valence-electron chi connectivity index (χ4n) is 3.12. The molecule has 1 saturated heterocycles. The highest BCUT2D eigenvalue weighted by Crippen LogP contribution is 2.23. The van der Waals surface area contributed by atoms with Crippen molar-refractivity contribution in [2.24, 2.45) is 0 Å². The maximum atomic E-state index is 5.74. The number of benzene rings is 1. The van der Waals surface area contributed by atoms with E-state index in [2.05, 4.69) is 40.3 Å². The zero-order chi connectivity index (χ0) is 13.8. The van der Waals surface area contributed by atoms with Crippen LogP contribution in [0.1, 0.15) is 24.8 Å². The van der Waals surface area contributed by atoms with E-state index in [1.54, 1.807) is 0 Å². The number of rotatable bonds is 6. The Morgan fingerprint density at radius 1 is 1.35 bits per heavy atom. The van der Waals surface area contributed by atoms with Crippen molar-refractivity contribution in [1.29, 1.82) is 0 Å². The van der Waals surface area contributed by atoms with Gasteiger partial charge in [-0.3, -0.25) is 0 Å². The molecule has 1 atom stereocenters. The van der Waals surface area contributed by atoms with Gasteiger partial charge in [0.2, 0.25) is 0 Å². The number of nitrogens with zero attached hydrogens (tertiary/aromatic N) is 1. The number of aromatic nitrogens is 1. The number of likely N-dealkylation sites (N-methyl/N-ethyl adjacent to an activating group) is 1. The van der Waals surface area contributed by atoms with Gasteiger partial charge >= 0.3 is 0 Å². The molecule has 3 heteroatoms. The summed E-state index contributed by atoms with van der Waals surface area (Å²) in [6.45, 7) is 3.04. The molecule has 1 aliphatic rings. The summed E-state index contributed by atoms with van der Waals surface area (Å²) in [4.78, 5) is 0. The molecule has 0 radical (unpaired) electrons. The monoisotopic (exact) mass is 272 g/mol. The molecule has 0 bridgehead atoms. The van der Waals surface area contributed by atoms with Crippen LogP contribution >= 0.6 is 0 Å². The minimum absolute atomic E-state index is 0.469. The number of hydrogen-bond donors (Lipinski definition) is 1. The van der Waals surface area contributed by atoms with Gasteiger partial charge in [0.05, 0.1) is 6.10 Å². The van der Waals surface area contributed by atoms with E-state index < -0.39 is 0 Å². The van der Waals surface area contributed by atoms with Gasteiger partial charge in [-0.1, -0.05) is 18.2 Å². The van der Waals surface area contributed by atoms with Gasteiger partial charge in [-0.05, 0) is 50.9 Å². The number of para-hydroxylation sites is 1. The lowest BCUT2D eigenvalue weighted by Crippen LogP contribution is -2.10. The van der Waals surface area contributed by atoms with Crippen molar-refractivity contribution in [2.45, 2.75) is 38.3 Å². The molecular weight excluding hydrogens is 248 g/mol. The van der Waals surface area contributed by atoms with Crippen LogP contribution in [0.15, 0.2) is 30.5 Å². The van der Waals surface area contributed by atoms with E-state index in [1.807, 2.05) is 7.05 Å². The molecule has 0 amide bonds. The van der Waals surface area contributed by atoms with E-state index in [9.17, 15) is 0 Å². The first-order chi connectivity index (χ1) is 9.88. The van der Waals surface area contributed by atoms with Crippen molar-refractivity contribution in [2.75, 3.05) is 20.2 Å². The van der Waals surface area contributed by atoms with Crippen LogP contribution < -0.4 is 5.32 Å². The van der Waals surface area contributed by atoms with Crippen LogP contribution in [-0.4, -0.2) is 30.9 Å². The molecule has 2 heterocycles. The highest BCUT2D eigenvalue weighted by Gasteiger charge is 2.16. The first-order valence-electron chi connectivity index (χ1n) is 7.71. The third-order valence-electron chi connectivity index (χ3n) is 4.23. The Bertz CT molecular complexity index is 555. The smallest absolute Gasteiger partial charge is 0.0593 e. The van der Waals surface area contributed by atoms with Gasteiger partial charge in [0.15, 0.2) is 0 Å². The topological polar surface area (TPSA) is 26.2 Å². The second kappa shape index (κ2) is 6.42. The van der Waals surface area contributed by atoms with Gasteiger partial charge in [0.1, 0.15) is 0 Å². The molecule has 1 aliphatic heterocycles. The van der Waals surface area contributed by atoms with Gasteiger partial charge < -0.3 is 14.6 Å². The summed E-state index contributed by atoms with van der Waals surface area (Å²) in [6.07, 6.45) is 7.47. The Morgan fingerprint density at radius 2 is 2.25 bits per heavy atom. The van der Waals surface area contributed by atoms with Crippen LogP contribution in [0.3, 0.4) is 0 Å². The molecular formula is C17H24N2O. The summed E-state index contributed by atoms with van der Waals surface area (Å²) in [5, 5.41) is 4.64. The second-order valence-corrected chi connectivity index (χ2v) is 5.64. The summed E-state index contributed by atoms with van der Waals surface area (Å²) in [5.41, 5.74) is 2.80. The van der Waals surface area contributed by atoms with Crippen molar-refractivity contribution in [3.63, 3.8) is 0 Å². The van der Waals surface area contributed by atoms with Crippen LogP contribution in [0.25, 0.3) is 10.9 Å².